The van der Waals surface area contributed by atoms with Gasteiger partial charge in [-0.25, -0.2) is 4.98 Å². The van der Waals surface area contributed by atoms with Gasteiger partial charge in [-0.3, -0.25) is 9.59 Å². The van der Waals surface area contributed by atoms with Crippen LogP contribution in [0.15, 0.2) is 66.9 Å². The molecule has 1 aromatic heterocycles. The third kappa shape index (κ3) is 5.10. The number of carbonyl (C=O) groups is 2. The Morgan fingerprint density at radius 2 is 1.90 bits per heavy atom. The minimum atomic E-state index is -0.556. The summed E-state index contributed by atoms with van der Waals surface area (Å²) in [5.41, 5.74) is 7.74. The molecule has 0 aliphatic carbocycles. The maximum atomic E-state index is 12.5. The lowest BCUT2D eigenvalue weighted by Crippen LogP contribution is -2.23. The molecule has 0 aliphatic rings. The van der Waals surface area contributed by atoms with Gasteiger partial charge >= 0.3 is 0 Å². The van der Waals surface area contributed by atoms with Gasteiger partial charge in [-0.2, -0.15) is 0 Å². The number of nitrogens with zero attached hydrogens (tertiary/aromatic N) is 1. The topological polar surface area (TPSA) is 104 Å². The number of primary amides is 1. The van der Waals surface area contributed by atoms with E-state index in [1.54, 1.807) is 54.7 Å². The number of para-hydroxylation sites is 1. The molecular weight excluding hydrogens is 370 g/mol. The average Bonchev–Trinajstić information content (AvgIpc) is 2.76. The van der Waals surface area contributed by atoms with Crippen LogP contribution in [0.3, 0.4) is 0 Å². The van der Waals surface area contributed by atoms with Crippen LogP contribution in [-0.2, 0) is 13.2 Å². The molecule has 0 aliphatic heterocycles. The van der Waals surface area contributed by atoms with E-state index >= 15 is 0 Å². The van der Waals surface area contributed by atoms with Crippen LogP contribution in [0.1, 0.15) is 31.8 Å². The summed E-state index contributed by atoms with van der Waals surface area (Å²) in [4.78, 5) is 28.1. The molecule has 0 saturated heterocycles. The van der Waals surface area contributed by atoms with Gasteiger partial charge < -0.3 is 20.5 Å². The van der Waals surface area contributed by atoms with Gasteiger partial charge in [0.05, 0.1) is 12.7 Å². The summed E-state index contributed by atoms with van der Waals surface area (Å²) in [6.45, 7) is 0.490. The van der Waals surface area contributed by atoms with Crippen LogP contribution in [0.2, 0.25) is 0 Å². The fourth-order valence-corrected chi connectivity index (χ4v) is 2.78. The molecule has 0 radical (unpaired) electrons. The van der Waals surface area contributed by atoms with Gasteiger partial charge in [0, 0.05) is 23.9 Å². The Kier molecular flexibility index (Phi) is 6.42. The molecule has 2 aromatic carbocycles. The zero-order valence-electron chi connectivity index (χ0n) is 15.9. The van der Waals surface area contributed by atoms with E-state index in [0.717, 1.165) is 11.1 Å². The number of nitrogens with two attached hydrogens (primary N) is 1. The molecule has 3 N–H and O–H groups in total. The van der Waals surface area contributed by atoms with E-state index in [1.165, 1.54) is 7.11 Å². The third-order valence-corrected chi connectivity index (χ3v) is 4.22. The lowest BCUT2D eigenvalue weighted by Gasteiger charge is -2.11. The number of pyridine rings is 1. The van der Waals surface area contributed by atoms with Crippen LogP contribution < -0.4 is 20.5 Å². The second-order valence-corrected chi connectivity index (χ2v) is 6.20. The van der Waals surface area contributed by atoms with Gasteiger partial charge in [0.2, 0.25) is 5.88 Å². The van der Waals surface area contributed by atoms with Gasteiger partial charge in [-0.1, -0.05) is 30.3 Å². The van der Waals surface area contributed by atoms with E-state index in [1.807, 2.05) is 12.1 Å². The number of carbonyl (C=O) groups excluding carboxylic acids is 2. The molecule has 7 heteroatoms. The standard InChI is InChI=1S/C22H21N3O4/c1-28-22-17(8-5-11-24-22)13-25-21(27)16-7-4-6-15(12-16)14-29-19-10-3-2-9-18(19)20(23)26/h2-12H,13-14H2,1H3,(H2,23,26)(H,25,27). The predicted molar refractivity (Wildman–Crippen MR) is 108 cm³/mol. The Hall–Kier alpha value is -3.87. The van der Waals surface area contributed by atoms with Crippen LogP contribution in [0.25, 0.3) is 0 Å². The van der Waals surface area contributed by atoms with E-state index in [9.17, 15) is 9.59 Å². The summed E-state index contributed by atoms with van der Waals surface area (Å²) in [5.74, 6) is 0.0939. The SMILES string of the molecule is COc1ncccc1CNC(=O)c1cccc(COc2ccccc2C(N)=O)c1. The number of aromatic nitrogens is 1. The summed E-state index contributed by atoms with van der Waals surface area (Å²) in [5, 5.41) is 2.85. The molecule has 0 saturated carbocycles. The average molecular weight is 391 g/mol. The molecule has 0 spiro atoms. The predicted octanol–water partition coefficient (Wildman–Crippen LogP) is 2.70. The fourth-order valence-electron chi connectivity index (χ4n) is 2.78. The lowest BCUT2D eigenvalue weighted by atomic mass is 10.1. The summed E-state index contributed by atoms with van der Waals surface area (Å²) in [6, 6.07) is 17.5. The third-order valence-electron chi connectivity index (χ3n) is 4.22. The summed E-state index contributed by atoms with van der Waals surface area (Å²) in [6.07, 6.45) is 1.63. The largest absolute Gasteiger partial charge is 0.488 e. The first-order chi connectivity index (χ1) is 14.1. The van der Waals surface area contributed by atoms with Crippen molar-refractivity contribution in [2.24, 2.45) is 5.73 Å². The Morgan fingerprint density at radius 3 is 2.69 bits per heavy atom. The first-order valence-corrected chi connectivity index (χ1v) is 8.95. The number of hydrogen-bond donors (Lipinski definition) is 2. The van der Waals surface area contributed by atoms with E-state index < -0.39 is 5.91 Å². The van der Waals surface area contributed by atoms with Crippen molar-refractivity contribution in [2.75, 3.05) is 7.11 Å². The highest BCUT2D eigenvalue weighted by molar-refractivity contribution is 5.95. The number of nitrogens with one attached hydrogen (secondary N) is 1. The van der Waals surface area contributed by atoms with Crippen molar-refractivity contribution < 1.29 is 19.1 Å². The van der Waals surface area contributed by atoms with E-state index in [2.05, 4.69) is 10.3 Å². The highest BCUT2D eigenvalue weighted by Gasteiger charge is 2.11. The normalized spacial score (nSPS) is 10.2. The first-order valence-electron chi connectivity index (χ1n) is 8.95. The highest BCUT2D eigenvalue weighted by Crippen LogP contribution is 2.19. The van der Waals surface area contributed by atoms with Gasteiger partial charge in [0.15, 0.2) is 0 Å². The number of amides is 2. The maximum absolute atomic E-state index is 12.5. The Morgan fingerprint density at radius 1 is 1.07 bits per heavy atom. The number of hydrogen-bond acceptors (Lipinski definition) is 5. The number of ether oxygens (including phenoxy) is 2. The molecule has 29 heavy (non-hydrogen) atoms. The second kappa shape index (κ2) is 9.36. The Bertz CT molecular complexity index is 1020. The monoisotopic (exact) mass is 391 g/mol. The second-order valence-electron chi connectivity index (χ2n) is 6.20. The molecule has 0 atom stereocenters. The van der Waals surface area contributed by atoms with Crippen molar-refractivity contribution in [2.45, 2.75) is 13.2 Å². The van der Waals surface area contributed by atoms with E-state index in [0.29, 0.717) is 29.3 Å². The van der Waals surface area contributed by atoms with Crippen LogP contribution in [-0.4, -0.2) is 23.9 Å². The van der Waals surface area contributed by atoms with E-state index in [-0.39, 0.29) is 12.5 Å². The number of benzene rings is 2. The van der Waals surface area contributed by atoms with Crippen molar-refractivity contribution in [1.82, 2.24) is 10.3 Å². The molecule has 0 bridgehead atoms. The number of rotatable bonds is 8. The molecule has 7 nitrogen and oxygen atoms in total. The number of methoxy groups -OCH3 is 1. The highest BCUT2D eigenvalue weighted by atomic mass is 16.5. The Labute approximate surface area is 168 Å². The molecular formula is C22H21N3O4. The molecule has 1 heterocycles. The minimum Gasteiger partial charge on any atom is -0.488 e. The molecule has 0 fully saturated rings. The first kappa shape index (κ1) is 19.9. The molecule has 3 rings (SSSR count). The summed E-state index contributed by atoms with van der Waals surface area (Å²) in [7, 11) is 1.54. The van der Waals surface area contributed by atoms with Crippen molar-refractivity contribution >= 4 is 11.8 Å². The quantitative estimate of drug-likeness (QED) is 0.614. The Balaban J connectivity index is 1.65. The fraction of sp³-hybridized carbons (Fsp3) is 0.136. The summed E-state index contributed by atoms with van der Waals surface area (Å²) < 4.78 is 10.9. The molecule has 0 unspecified atom stereocenters. The van der Waals surface area contributed by atoms with Crippen LogP contribution in [0.5, 0.6) is 11.6 Å². The van der Waals surface area contributed by atoms with E-state index in [4.69, 9.17) is 15.2 Å². The summed E-state index contributed by atoms with van der Waals surface area (Å²) >= 11 is 0. The zero-order chi connectivity index (χ0) is 20.6. The molecule has 2 amide bonds. The molecule has 148 valence electrons. The van der Waals surface area contributed by atoms with Crippen molar-refractivity contribution in [3.63, 3.8) is 0 Å². The van der Waals surface area contributed by atoms with Crippen molar-refractivity contribution in [1.29, 1.82) is 0 Å². The molecule has 3 aromatic rings. The minimum absolute atomic E-state index is 0.196. The van der Waals surface area contributed by atoms with Gasteiger partial charge in [0.25, 0.3) is 11.8 Å². The van der Waals surface area contributed by atoms with Crippen LogP contribution in [0.4, 0.5) is 0 Å². The smallest absolute Gasteiger partial charge is 0.252 e. The van der Waals surface area contributed by atoms with Gasteiger partial charge in [-0.15, -0.1) is 0 Å². The maximum Gasteiger partial charge on any atom is 0.252 e. The van der Waals surface area contributed by atoms with Gasteiger partial charge in [-0.05, 0) is 35.9 Å². The van der Waals surface area contributed by atoms with Crippen LogP contribution in [0, 0.1) is 0 Å². The van der Waals surface area contributed by atoms with Crippen molar-refractivity contribution in [3.05, 3.63) is 89.1 Å². The lowest BCUT2D eigenvalue weighted by molar-refractivity contribution is 0.0949. The van der Waals surface area contributed by atoms with Gasteiger partial charge in [0.1, 0.15) is 12.4 Å². The zero-order valence-corrected chi connectivity index (χ0v) is 15.9. The van der Waals surface area contributed by atoms with Crippen LogP contribution >= 0.6 is 0 Å². The van der Waals surface area contributed by atoms with Crippen molar-refractivity contribution in [3.8, 4) is 11.6 Å².